The molecule has 3 heteroatoms. The molecule has 0 amide bonds. The lowest BCUT2D eigenvalue weighted by Crippen LogP contribution is -2.37. The molecule has 1 unspecified atom stereocenters. The molecule has 13 heavy (non-hydrogen) atoms. The maximum atomic E-state index is 4.27. The first-order valence-electron chi connectivity index (χ1n) is 5.36. The Morgan fingerprint density at radius 2 is 2.15 bits per heavy atom. The minimum atomic E-state index is 0.778. The Kier molecular flexibility index (Phi) is 5.83. The van der Waals surface area contributed by atoms with E-state index >= 15 is 0 Å². The summed E-state index contributed by atoms with van der Waals surface area (Å²) in [5.74, 6) is 0.973. The predicted octanol–water partition coefficient (Wildman–Crippen LogP) is 1.38. The Bertz CT molecular complexity index is 122. The van der Waals surface area contributed by atoms with Crippen LogP contribution in [0.2, 0.25) is 0 Å². The lowest BCUT2D eigenvalue weighted by atomic mass is 10.0. The van der Waals surface area contributed by atoms with E-state index in [0.29, 0.717) is 0 Å². The van der Waals surface area contributed by atoms with Crippen LogP contribution in [-0.4, -0.2) is 43.4 Å². The number of hydrogen-bond acceptors (Lipinski definition) is 3. The number of nitrogens with zero attached hydrogens (tertiary/aromatic N) is 1. The van der Waals surface area contributed by atoms with Crippen molar-refractivity contribution in [2.75, 3.05) is 32.4 Å². The zero-order chi connectivity index (χ0) is 9.52. The van der Waals surface area contributed by atoms with E-state index in [-0.39, 0.29) is 0 Å². The monoisotopic (exact) mass is 202 g/mol. The first-order chi connectivity index (χ1) is 6.34. The molecule has 0 aromatic carbocycles. The van der Waals surface area contributed by atoms with E-state index in [1.807, 2.05) is 0 Å². The maximum absolute atomic E-state index is 4.27. The van der Waals surface area contributed by atoms with Crippen LogP contribution < -0.4 is 5.32 Å². The van der Waals surface area contributed by atoms with Crippen molar-refractivity contribution >= 4 is 12.6 Å². The van der Waals surface area contributed by atoms with Gasteiger partial charge in [0.15, 0.2) is 0 Å². The Morgan fingerprint density at radius 1 is 1.31 bits per heavy atom. The summed E-state index contributed by atoms with van der Waals surface area (Å²) in [6.45, 7) is 3.51. The molecular formula is C10H22N2S. The summed E-state index contributed by atoms with van der Waals surface area (Å²) in [6, 6.07) is 0.778. The van der Waals surface area contributed by atoms with Gasteiger partial charge in [0, 0.05) is 18.3 Å². The minimum Gasteiger partial charge on any atom is -0.317 e. The van der Waals surface area contributed by atoms with Crippen molar-refractivity contribution in [3.63, 3.8) is 0 Å². The average molecular weight is 202 g/mol. The van der Waals surface area contributed by atoms with Crippen molar-refractivity contribution in [3.8, 4) is 0 Å². The first kappa shape index (κ1) is 11.3. The van der Waals surface area contributed by atoms with Crippen LogP contribution in [0.15, 0.2) is 0 Å². The quantitative estimate of drug-likeness (QED) is 0.672. The van der Waals surface area contributed by atoms with Gasteiger partial charge in [-0.1, -0.05) is 6.42 Å². The molecule has 0 aromatic rings. The van der Waals surface area contributed by atoms with Gasteiger partial charge < -0.3 is 10.2 Å². The standard InChI is InChI=1S/C10H22N2S/c1-12(8-9-13)10-4-2-3-6-11-7-5-10/h10-11,13H,2-9H2,1H3. The van der Waals surface area contributed by atoms with Crippen molar-refractivity contribution in [1.82, 2.24) is 10.2 Å². The van der Waals surface area contributed by atoms with Crippen molar-refractivity contribution < 1.29 is 0 Å². The molecule has 0 aliphatic carbocycles. The van der Waals surface area contributed by atoms with E-state index < -0.39 is 0 Å². The van der Waals surface area contributed by atoms with E-state index in [2.05, 4.69) is 29.9 Å². The predicted molar refractivity (Wildman–Crippen MR) is 61.6 cm³/mol. The summed E-state index contributed by atoms with van der Waals surface area (Å²) >= 11 is 4.27. The second kappa shape index (κ2) is 6.68. The van der Waals surface area contributed by atoms with E-state index in [9.17, 15) is 0 Å². The Labute approximate surface area is 87.5 Å². The molecule has 1 N–H and O–H groups in total. The average Bonchev–Trinajstić information content (AvgIpc) is 2.03. The molecule has 2 nitrogen and oxygen atoms in total. The molecular weight excluding hydrogens is 180 g/mol. The summed E-state index contributed by atoms with van der Waals surface area (Å²) in [6.07, 6.45) is 5.37. The van der Waals surface area contributed by atoms with Gasteiger partial charge in [0.05, 0.1) is 0 Å². The van der Waals surface area contributed by atoms with Crippen LogP contribution in [-0.2, 0) is 0 Å². The Morgan fingerprint density at radius 3 is 2.92 bits per heavy atom. The molecule has 1 rings (SSSR count). The van der Waals surface area contributed by atoms with Gasteiger partial charge in [-0.15, -0.1) is 0 Å². The van der Waals surface area contributed by atoms with Crippen LogP contribution in [0, 0.1) is 0 Å². The zero-order valence-electron chi connectivity index (χ0n) is 8.63. The summed E-state index contributed by atoms with van der Waals surface area (Å²) in [5.41, 5.74) is 0. The summed E-state index contributed by atoms with van der Waals surface area (Å²) in [7, 11) is 2.22. The van der Waals surface area contributed by atoms with Gasteiger partial charge >= 0.3 is 0 Å². The van der Waals surface area contributed by atoms with Crippen LogP contribution in [0.3, 0.4) is 0 Å². The van der Waals surface area contributed by atoms with Crippen LogP contribution >= 0.6 is 12.6 Å². The van der Waals surface area contributed by atoms with Gasteiger partial charge in [-0.2, -0.15) is 12.6 Å². The van der Waals surface area contributed by atoms with Crippen molar-refractivity contribution in [2.45, 2.75) is 31.7 Å². The van der Waals surface area contributed by atoms with Gasteiger partial charge in [-0.05, 0) is 39.4 Å². The van der Waals surface area contributed by atoms with Crippen LogP contribution in [0.25, 0.3) is 0 Å². The fraction of sp³-hybridized carbons (Fsp3) is 1.00. The van der Waals surface area contributed by atoms with Gasteiger partial charge in [-0.25, -0.2) is 0 Å². The topological polar surface area (TPSA) is 15.3 Å². The zero-order valence-corrected chi connectivity index (χ0v) is 9.52. The third-order valence-electron chi connectivity index (χ3n) is 2.87. The molecule has 1 saturated heterocycles. The maximum Gasteiger partial charge on any atom is 0.0105 e. The highest BCUT2D eigenvalue weighted by Gasteiger charge is 2.14. The molecule has 0 radical (unpaired) electrons. The molecule has 0 spiro atoms. The fourth-order valence-electron chi connectivity index (χ4n) is 1.95. The molecule has 1 aliphatic rings. The molecule has 1 aliphatic heterocycles. The molecule has 78 valence electrons. The lowest BCUT2D eigenvalue weighted by Gasteiger charge is -2.29. The van der Waals surface area contributed by atoms with E-state index in [1.165, 1.54) is 38.8 Å². The molecule has 1 heterocycles. The summed E-state index contributed by atoms with van der Waals surface area (Å²) in [4.78, 5) is 2.46. The van der Waals surface area contributed by atoms with Gasteiger partial charge in [0.25, 0.3) is 0 Å². The van der Waals surface area contributed by atoms with Crippen molar-refractivity contribution in [3.05, 3.63) is 0 Å². The van der Waals surface area contributed by atoms with E-state index in [1.54, 1.807) is 0 Å². The number of hydrogen-bond donors (Lipinski definition) is 2. The highest BCUT2D eigenvalue weighted by atomic mass is 32.1. The van der Waals surface area contributed by atoms with E-state index in [0.717, 1.165) is 18.3 Å². The molecule has 1 fully saturated rings. The van der Waals surface area contributed by atoms with Gasteiger partial charge in [0.2, 0.25) is 0 Å². The molecule has 0 saturated carbocycles. The van der Waals surface area contributed by atoms with E-state index in [4.69, 9.17) is 0 Å². The third kappa shape index (κ3) is 4.34. The highest BCUT2D eigenvalue weighted by molar-refractivity contribution is 7.80. The minimum absolute atomic E-state index is 0.778. The summed E-state index contributed by atoms with van der Waals surface area (Å²) < 4.78 is 0. The normalized spacial score (nSPS) is 25.6. The second-order valence-electron chi connectivity index (χ2n) is 3.89. The largest absolute Gasteiger partial charge is 0.317 e. The Balaban J connectivity index is 2.27. The molecule has 0 bridgehead atoms. The first-order valence-corrected chi connectivity index (χ1v) is 5.99. The number of nitrogens with one attached hydrogen (secondary N) is 1. The number of thiol groups is 1. The fourth-order valence-corrected chi connectivity index (χ4v) is 2.26. The smallest absolute Gasteiger partial charge is 0.0105 e. The molecule has 0 aromatic heterocycles. The third-order valence-corrected chi connectivity index (χ3v) is 3.07. The SMILES string of the molecule is CN(CCS)C1CCCCNCC1. The number of rotatable bonds is 3. The van der Waals surface area contributed by atoms with Crippen LogP contribution in [0.5, 0.6) is 0 Å². The lowest BCUT2D eigenvalue weighted by molar-refractivity contribution is 0.218. The van der Waals surface area contributed by atoms with Crippen LogP contribution in [0.1, 0.15) is 25.7 Å². The van der Waals surface area contributed by atoms with Crippen molar-refractivity contribution in [2.24, 2.45) is 0 Å². The summed E-state index contributed by atoms with van der Waals surface area (Å²) in [5, 5.41) is 3.47. The molecule has 1 atom stereocenters. The van der Waals surface area contributed by atoms with Crippen molar-refractivity contribution in [1.29, 1.82) is 0 Å². The Hall–Kier alpha value is 0.270. The van der Waals surface area contributed by atoms with Gasteiger partial charge in [0.1, 0.15) is 0 Å². The van der Waals surface area contributed by atoms with Crippen LogP contribution in [0.4, 0.5) is 0 Å². The second-order valence-corrected chi connectivity index (χ2v) is 4.34. The van der Waals surface area contributed by atoms with Gasteiger partial charge in [-0.3, -0.25) is 0 Å². The highest BCUT2D eigenvalue weighted by Crippen LogP contribution is 2.12.